The standard InChI is InChI=1S/C8H9BrFNS/c1-12-8-3-5(9)2-7(10)6(8)4-11/h2-3H,4,11H2,1H3. The van der Waals surface area contributed by atoms with E-state index in [1.165, 1.54) is 17.8 Å². The summed E-state index contributed by atoms with van der Waals surface area (Å²) in [5, 5.41) is 0. The van der Waals surface area contributed by atoms with Crippen molar-refractivity contribution in [2.45, 2.75) is 11.4 Å². The minimum Gasteiger partial charge on any atom is -0.326 e. The molecule has 0 aromatic heterocycles. The monoisotopic (exact) mass is 249 g/mol. The predicted octanol–water partition coefficient (Wildman–Crippen LogP) is 2.77. The van der Waals surface area contributed by atoms with Crippen LogP contribution in [-0.2, 0) is 6.54 Å². The summed E-state index contributed by atoms with van der Waals surface area (Å²) in [7, 11) is 0. The van der Waals surface area contributed by atoms with E-state index in [1.807, 2.05) is 12.3 Å². The van der Waals surface area contributed by atoms with Gasteiger partial charge in [-0.3, -0.25) is 0 Å². The van der Waals surface area contributed by atoms with Crippen molar-refractivity contribution >= 4 is 27.7 Å². The fourth-order valence-corrected chi connectivity index (χ4v) is 2.21. The first kappa shape index (κ1) is 10.0. The molecule has 4 heteroatoms. The summed E-state index contributed by atoms with van der Waals surface area (Å²) in [6.07, 6.45) is 1.90. The Hall–Kier alpha value is -0.0600. The molecule has 1 aromatic carbocycles. The van der Waals surface area contributed by atoms with Crippen molar-refractivity contribution in [1.82, 2.24) is 0 Å². The van der Waals surface area contributed by atoms with Gasteiger partial charge >= 0.3 is 0 Å². The third kappa shape index (κ3) is 2.00. The Morgan fingerprint density at radius 3 is 2.75 bits per heavy atom. The summed E-state index contributed by atoms with van der Waals surface area (Å²) in [6.45, 7) is 0.245. The van der Waals surface area contributed by atoms with Gasteiger partial charge in [0.2, 0.25) is 0 Å². The van der Waals surface area contributed by atoms with Gasteiger partial charge in [0.15, 0.2) is 0 Å². The molecular weight excluding hydrogens is 241 g/mol. The van der Waals surface area contributed by atoms with Gasteiger partial charge in [0.25, 0.3) is 0 Å². The average molecular weight is 250 g/mol. The summed E-state index contributed by atoms with van der Waals surface area (Å²) in [4.78, 5) is 0.893. The molecule has 0 atom stereocenters. The first-order chi connectivity index (χ1) is 5.69. The van der Waals surface area contributed by atoms with Crippen LogP contribution >= 0.6 is 27.7 Å². The molecule has 2 N–H and O–H groups in total. The second-order valence-corrected chi connectivity index (χ2v) is 4.04. The van der Waals surface area contributed by atoms with Crippen molar-refractivity contribution in [2.75, 3.05) is 6.26 Å². The number of hydrogen-bond donors (Lipinski definition) is 1. The lowest BCUT2D eigenvalue weighted by molar-refractivity contribution is 0.603. The highest BCUT2D eigenvalue weighted by Gasteiger charge is 2.07. The maximum atomic E-state index is 13.2. The molecule has 0 radical (unpaired) electrons. The Balaban J connectivity index is 3.24. The Morgan fingerprint density at radius 1 is 1.58 bits per heavy atom. The van der Waals surface area contributed by atoms with Crippen LogP contribution in [0.4, 0.5) is 4.39 Å². The molecule has 1 rings (SSSR count). The number of hydrogen-bond acceptors (Lipinski definition) is 2. The van der Waals surface area contributed by atoms with Crippen LogP contribution < -0.4 is 5.73 Å². The highest BCUT2D eigenvalue weighted by molar-refractivity contribution is 9.10. The predicted molar refractivity (Wildman–Crippen MR) is 53.8 cm³/mol. The molecule has 1 aromatic rings. The van der Waals surface area contributed by atoms with E-state index in [-0.39, 0.29) is 12.4 Å². The molecule has 0 aliphatic rings. The number of rotatable bonds is 2. The molecule has 0 unspecified atom stereocenters. The third-order valence-corrected chi connectivity index (χ3v) is 2.81. The molecule has 0 aliphatic heterocycles. The van der Waals surface area contributed by atoms with E-state index in [0.29, 0.717) is 5.56 Å². The van der Waals surface area contributed by atoms with E-state index in [1.54, 1.807) is 0 Å². The van der Waals surface area contributed by atoms with Crippen LogP contribution in [0.25, 0.3) is 0 Å². The zero-order valence-electron chi connectivity index (χ0n) is 6.60. The fraction of sp³-hybridized carbons (Fsp3) is 0.250. The molecule has 12 heavy (non-hydrogen) atoms. The molecule has 0 heterocycles. The number of benzene rings is 1. The lowest BCUT2D eigenvalue weighted by Crippen LogP contribution is -2.01. The van der Waals surface area contributed by atoms with Crippen molar-refractivity contribution in [3.8, 4) is 0 Å². The van der Waals surface area contributed by atoms with Gasteiger partial charge in [-0.25, -0.2) is 4.39 Å². The molecular formula is C8H9BrFNS. The first-order valence-electron chi connectivity index (χ1n) is 3.41. The highest BCUT2D eigenvalue weighted by Crippen LogP contribution is 2.26. The van der Waals surface area contributed by atoms with Gasteiger partial charge in [0.1, 0.15) is 5.82 Å². The Kier molecular flexibility index (Phi) is 3.55. The van der Waals surface area contributed by atoms with Crippen molar-refractivity contribution in [2.24, 2.45) is 5.73 Å². The van der Waals surface area contributed by atoms with Crippen LogP contribution in [0.2, 0.25) is 0 Å². The maximum Gasteiger partial charge on any atom is 0.129 e. The molecule has 0 spiro atoms. The topological polar surface area (TPSA) is 26.0 Å². The molecule has 0 saturated carbocycles. The smallest absolute Gasteiger partial charge is 0.129 e. The highest BCUT2D eigenvalue weighted by atomic mass is 79.9. The summed E-state index contributed by atoms with van der Waals surface area (Å²) < 4.78 is 13.9. The van der Waals surface area contributed by atoms with Crippen LogP contribution in [0.3, 0.4) is 0 Å². The van der Waals surface area contributed by atoms with E-state index in [2.05, 4.69) is 15.9 Å². The summed E-state index contributed by atoms with van der Waals surface area (Å²) in [5.41, 5.74) is 6.00. The van der Waals surface area contributed by atoms with E-state index < -0.39 is 0 Å². The largest absolute Gasteiger partial charge is 0.326 e. The Morgan fingerprint density at radius 2 is 2.25 bits per heavy atom. The molecule has 66 valence electrons. The lowest BCUT2D eigenvalue weighted by Gasteiger charge is -2.06. The second-order valence-electron chi connectivity index (χ2n) is 2.27. The van der Waals surface area contributed by atoms with E-state index in [0.717, 1.165) is 9.37 Å². The van der Waals surface area contributed by atoms with E-state index >= 15 is 0 Å². The SMILES string of the molecule is CSc1cc(Br)cc(F)c1CN. The van der Waals surface area contributed by atoms with E-state index in [4.69, 9.17) is 5.73 Å². The quantitative estimate of drug-likeness (QED) is 0.817. The summed E-state index contributed by atoms with van der Waals surface area (Å²) in [6, 6.07) is 3.30. The van der Waals surface area contributed by atoms with Gasteiger partial charge in [-0.05, 0) is 18.4 Å². The minimum absolute atomic E-state index is 0.240. The normalized spacial score (nSPS) is 10.3. The second kappa shape index (κ2) is 4.25. The molecule has 0 saturated heterocycles. The molecule has 0 fully saturated rings. The van der Waals surface area contributed by atoms with Gasteiger partial charge in [0, 0.05) is 21.5 Å². The van der Waals surface area contributed by atoms with Gasteiger partial charge in [-0.15, -0.1) is 11.8 Å². The van der Waals surface area contributed by atoms with Crippen molar-refractivity contribution in [3.63, 3.8) is 0 Å². The van der Waals surface area contributed by atoms with Gasteiger partial charge in [-0.1, -0.05) is 15.9 Å². The van der Waals surface area contributed by atoms with Gasteiger partial charge < -0.3 is 5.73 Å². The lowest BCUT2D eigenvalue weighted by atomic mass is 10.2. The Bertz CT molecular complexity index is 291. The number of nitrogens with two attached hydrogens (primary N) is 1. The Labute approximate surface area is 83.7 Å². The van der Waals surface area contributed by atoms with Crippen molar-refractivity contribution in [1.29, 1.82) is 0 Å². The number of halogens is 2. The van der Waals surface area contributed by atoms with E-state index in [9.17, 15) is 4.39 Å². The van der Waals surface area contributed by atoms with Crippen LogP contribution in [0.15, 0.2) is 21.5 Å². The first-order valence-corrected chi connectivity index (χ1v) is 5.42. The fourth-order valence-electron chi connectivity index (χ4n) is 0.960. The molecule has 0 amide bonds. The summed E-state index contributed by atoms with van der Waals surface area (Å²) in [5.74, 6) is -0.240. The van der Waals surface area contributed by atoms with Crippen LogP contribution in [0.1, 0.15) is 5.56 Å². The molecule has 0 bridgehead atoms. The van der Waals surface area contributed by atoms with Gasteiger partial charge in [-0.2, -0.15) is 0 Å². The summed E-state index contributed by atoms with van der Waals surface area (Å²) >= 11 is 4.72. The number of thioether (sulfide) groups is 1. The van der Waals surface area contributed by atoms with Crippen molar-refractivity contribution in [3.05, 3.63) is 28.0 Å². The zero-order chi connectivity index (χ0) is 9.14. The molecule has 0 aliphatic carbocycles. The van der Waals surface area contributed by atoms with Crippen LogP contribution in [-0.4, -0.2) is 6.26 Å². The molecule has 1 nitrogen and oxygen atoms in total. The third-order valence-electron chi connectivity index (χ3n) is 1.54. The minimum atomic E-state index is -0.240. The van der Waals surface area contributed by atoms with Gasteiger partial charge in [0.05, 0.1) is 0 Å². The average Bonchev–Trinajstić information content (AvgIpc) is 2.03. The van der Waals surface area contributed by atoms with Crippen LogP contribution in [0.5, 0.6) is 0 Å². The maximum absolute atomic E-state index is 13.2. The van der Waals surface area contributed by atoms with Crippen LogP contribution in [0, 0.1) is 5.82 Å². The van der Waals surface area contributed by atoms with Crippen molar-refractivity contribution < 1.29 is 4.39 Å². The zero-order valence-corrected chi connectivity index (χ0v) is 9.01.